The lowest BCUT2D eigenvalue weighted by Gasteiger charge is -2.11. The van der Waals surface area contributed by atoms with Gasteiger partial charge in [-0.05, 0) is 30.3 Å². The largest absolute Gasteiger partial charge is 0.478 e. The van der Waals surface area contributed by atoms with Crippen molar-refractivity contribution in [2.24, 2.45) is 0 Å². The summed E-state index contributed by atoms with van der Waals surface area (Å²) in [6, 6.07) is 13.1. The third kappa shape index (κ3) is 3.02. The number of carboxylic acid groups (broad SMARTS) is 1. The first-order valence-corrected chi connectivity index (χ1v) is 9.95. The molecule has 0 atom stereocenters. The maximum Gasteiger partial charge on any atom is 0.335 e. The number of nitrogens with zero attached hydrogens (tertiary/aromatic N) is 2. The third-order valence-electron chi connectivity index (χ3n) is 4.38. The molecule has 27 heavy (non-hydrogen) atoms. The topological polar surface area (TPSA) is 97.2 Å². The number of hydrogen-bond acceptors (Lipinski definition) is 5. The Balaban J connectivity index is 2.09. The molecule has 0 radical (unpaired) electrons. The first kappa shape index (κ1) is 17.1. The Morgan fingerprint density at radius 1 is 1.00 bits per heavy atom. The predicted octanol–water partition coefficient (Wildman–Crippen LogP) is 3.55. The van der Waals surface area contributed by atoms with Crippen molar-refractivity contribution in [1.29, 1.82) is 0 Å². The van der Waals surface area contributed by atoms with Crippen molar-refractivity contribution >= 4 is 37.5 Å². The van der Waals surface area contributed by atoms with Crippen LogP contribution < -0.4 is 0 Å². The van der Waals surface area contributed by atoms with Crippen molar-refractivity contribution in [3.8, 4) is 11.3 Å². The second-order valence-electron chi connectivity index (χ2n) is 6.22. The maximum atomic E-state index is 11.9. The molecule has 0 saturated heterocycles. The van der Waals surface area contributed by atoms with Crippen LogP contribution in [-0.2, 0) is 9.84 Å². The third-order valence-corrected chi connectivity index (χ3v) is 5.49. The summed E-state index contributed by atoms with van der Waals surface area (Å²) in [4.78, 5) is 20.3. The fraction of sp³-hybridized carbons (Fsp3) is 0.0500. The second-order valence-corrected chi connectivity index (χ2v) is 8.23. The number of rotatable bonds is 3. The molecule has 0 aliphatic rings. The van der Waals surface area contributed by atoms with Gasteiger partial charge in [0.25, 0.3) is 0 Å². The van der Waals surface area contributed by atoms with E-state index in [-0.39, 0.29) is 10.5 Å². The van der Waals surface area contributed by atoms with Crippen LogP contribution in [0.1, 0.15) is 10.4 Å². The molecule has 4 aromatic rings. The average molecular weight is 378 g/mol. The number of benzene rings is 2. The van der Waals surface area contributed by atoms with Crippen LogP contribution in [0.3, 0.4) is 0 Å². The van der Waals surface area contributed by atoms with E-state index >= 15 is 0 Å². The molecule has 0 fully saturated rings. The molecule has 0 spiro atoms. The van der Waals surface area contributed by atoms with Gasteiger partial charge in [0.2, 0.25) is 0 Å². The molecule has 7 heteroatoms. The first-order chi connectivity index (χ1) is 12.8. The minimum Gasteiger partial charge on any atom is -0.478 e. The molecular weight excluding hydrogens is 364 g/mol. The Labute approximate surface area is 155 Å². The summed E-state index contributed by atoms with van der Waals surface area (Å²) in [6.07, 6.45) is 4.50. The van der Waals surface area contributed by atoms with E-state index in [2.05, 4.69) is 9.97 Å². The minimum absolute atomic E-state index is 0.133. The fourth-order valence-corrected chi connectivity index (χ4v) is 3.74. The molecule has 134 valence electrons. The van der Waals surface area contributed by atoms with E-state index in [1.807, 2.05) is 6.07 Å². The first-order valence-electron chi connectivity index (χ1n) is 8.06. The summed E-state index contributed by atoms with van der Waals surface area (Å²) >= 11 is 0. The zero-order valence-corrected chi connectivity index (χ0v) is 15.1. The lowest BCUT2D eigenvalue weighted by atomic mass is 10.0. The molecule has 0 amide bonds. The van der Waals surface area contributed by atoms with Crippen molar-refractivity contribution < 1.29 is 18.3 Å². The average Bonchev–Trinajstić information content (AvgIpc) is 2.66. The van der Waals surface area contributed by atoms with E-state index in [0.29, 0.717) is 16.8 Å². The van der Waals surface area contributed by atoms with Gasteiger partial charge in [0.05, 0.1) is 21.7 Å². The summed E-state index contributed by atoms with van der Waals surface area (Å²) in [5, 5.41) is 11.7. The van der Waals surface area contributed by atoms with Crippen LogP contribution in [0, 0.1) is 0 Å². The monoisotopic (exact) mass is 378 g/mol. The smallest absolute Gasteiger partial charge is 0.335 e. The lowest BCUT2D eigenvalue weighted by molar-refractivity contribution is 0.0697. The van der Waals surface area contributed by atoms with Gasteiger partial charge in [-0.2, -0.15) is 0 Å². The van der Waals surface area contributed by atoms with Gasteiger partial charge in [0, 0.05) is 40.4 Å². The highest BCUT2D eigenvalue weighted by Gasteiger charge is 2.14. The SMILES string of the molecule is CS(=O)(=O)c1cccc(-c2nc3cc(C(=O)O)ccc3c3cnccc23)c1. The Kier molecular flexibility index (Phi) is 3.89. The van der Waals surface area contributed by atoms with Crippen LogP contribution in [0.15, 0.2) is 65.8 Å². The van der Waals surface area contributed by atoms with Crippen LogP contribution in [0.2, 0.25) is 0 Å². The number of sulfone groups is 1. The lowest BCUT2D eigenvalue weighted by Crippen LogP contribution is -1.99. The number of carbonyl (C=O) groups is 1. The zero-order valence-electron chi connectivity index (χ0n) is 14.2. The highest BCUT2D eigenvalue weighted by Crippen LogP contribution is 2.33. The molecule has 2 aromatic heterocycles. The van der Waals surface area contributed by atoms with Crippen LogP contribution in [-0.4, -0.2) is 35.7 Å². The molecule has 2 heterocycles. The minimum atomic E-state index is -3.36. The summed E-state index contributed by atoms with van der Waals surface area (Å²) < 4.78 is 23.8. The number of hydrogen-bond donors (Lipinski definition) is 1. The molecule has 0 unspecified atom stereocenters. The van der Waals surface area contributed by atoms with Gasteiger partial charge in [0.15, 0.2) is 9.84 Å². The van der Waals surface area contributed by atoms with Gasteiger partial charge in [-0.25, -0.2) is 18.2 Å². The Morgan fingerprint density at radius 3 is 2.56 bits per heavy atom. The van der Waals surface area contributed by atoms with Crippen molar-refractivity contribution in [3.05, 3.63) is 66.5 Å². The van der Waals surface area contributed by atoms with Crippen molar-refractivity contribution in [2.45, 2.75) is 4.90 Å². The molecule has 4 rings (SSSR count). The van der Waals surface area contributed by atoms with Crippen LogP contribution in [0.5, 0.6) is 0 Å². The van der Waals surface area contributed by atoms with Crippen LogP contribution in [0.4, 0.5) is 0 Å². The number of fused-ring (bicyclic) bond motifs is 3. The van der Waals surface area contributed by atoms with E-state index < -0.39 is 15.8 Å². The number of aromatic nitrogens is 2. The van der Waals surface area contributed by atoms with E-state index in [4.69, 9.17) is 0 Å². The van der Waals surface area contributed by atoms with Gasteiger partial charge in [-0.15, -0.1) is 0 Å². The Morgan fingerprint density at radius 2 is 1.81 bits per heavy atom. The van der Waals surface area contributed by atoms with Crippen molar-refractivity contribution in [3.63, 3.8) is 0 Å². The molecule has 0 bridgehead atoms. The normalized spacial score (nSPS) is 11.7. The van der Waals surface area contributed by atoms with E-state index in [0.717, 1.165) is 22.4 Å². The molecule has 0 aliphatic heterocycles. The number of carboxylic acids is 1. The van der Waals surface area contributed by atoms with Gasteiger partial charge in [-0.1, -0.05) is 18.2 Å². The van der Waals surface area contributed by atoms with Crippen molar-refractivity contribution in [2.75, 3.05) is 6.26 Å². The van der Waals surface area contributed by atoms with Gasteiger partial charge < -0.3 is 5.11 Å². The molecule has 1 N–H and O–H groups in total. The molecule has 0 aliphatic carbocycles. The van der Waals surface area contributed by atoms with E-state index in [1.165, 1.54) is 18.2 Å². The second kappa shape index (κ2) is 6.14. The summed E-state index contributed by atoms with van der Waals surface area (Å²) in [5.74, 6) is -1.04. The highest BCUT2D eigenvalue weighted by atomic mass is 32.2. The molecule has 6 nitrogen and oxygen atoms in total. The summed E-state index contributed by atoms with van der Waals surface area (Å²) in [6.45, 7) is 0. The molecular formula is C20H14N2O4S. The van der Waals surface area contributed by atoms with Gasteiger partial charge >= 0.3 is 5.97 Å². The summed E-state index contributed by atoms with van der Waals surface area (Å²) in [5.41, 5.74) is 1.86. The van der Waals surface area contributed by atoms with Crippen molar-refractivity contribution in [1.82, 2.24) is 9.97 Å². The predicted molar refractivity (Wildman–Crippen MR) is 103 cm³/mol. The highest BCUT2D eigenvalue weighted by molar-refractivity contribution is 7.90. The van der Waals surface area contributed by atoms with Crippen LogP contribution in [0.25, 0.3) is 32.9 Å². The zero-order chi connectivity index (χ0) is 19.2. The Bertz CT molecular complexity index is 1330. The Hall–Kier alpha value is -3.32. The summed E-state index contributed by atoms with van der Waals surface area (Å²) in [7, 11) is -3.36. The molecule has 0 saturated carbocycles. The fourth-order valence-electron chi connectivity index (χ4n) is 3.08. The van der Waals surface area contributed by atoms with Crippen LogP contribution >= 0.6 is 0 Å². The van der Waals surface area contributed by atoms with E-state index in [9.17, 15) is 18.3 Å². The number of aromatic carboxylic acids is 1. The quantitative estimate of drug-likeness (QED) is 0.548. The number of pyridine rings is 2. The standard InChI is InChI=1S/C20H14N2O4S/c1-27(25,26)14-4-2-3-12(9-14)19-16-7-8-21-11-17(16)15-6-5-13(20(23)24)10-18(15)22-19/h2-11H,1H3,(H,23,24). The molecule has 2 aromatic carbocycles. The van der Waals surface area contributed by atoms with Gasteiger partial charge in [0.1, 0.15) is 0 Å². The van der Waals surface area contributed by atoms with E-state index in [1.54, 1.807) is 36.7 Å². The maximum absolute atomic E-state index is 11.9. The van der Waals surface area contributed by atoms with Gasteiger partial charge in [-0.3, -0.25) is 4.98 Å².